The Kier molecular flexibility index (Phi) is 3.52. The molecule has 4 nitrogen and oxygen atoms in total. The lowest BCUT2D eigenvalue weighted by molar-refractivity contribution is 0.174. The van der Waals surface area contributed by atoms with Crippen LogP contribution in [0.5, 0.6) is 11.5 Å². The Bertz CT molecular complexity index is 619. The number of hydrogen-bond acceptors (Lipinski definition) is 4. The first-order valence-electron chi connectivity index (χ1n) is 6.45. The maximum atomic E-state index is 13.1. The molecule has 104 valence electrons. The van der Waals surface area contributed by atoms with Crippen LogP contribution in [0.4, 0.5) is 4.39 Å². The average Bonchev–Trinajstić information content (AvgIpc) is 2.92. The summed E-state index contributed by atoms with van der Waals surface area (Å²) < 4.78 is 23.7. The third-order valence-corrected chi connectivity index (χ3v) is 3.28. The van der Waals surface area contributed by atoms with Crippen molar-refractivity contribution in [3.05, 3.63) is 53.6 Å². The van der Waals surface area contributed by atoms with Gasteiger partial charge in [0.1, 0.15) is 5.82 Å². The quantitative estimate of drug-likeness (QED) is 0.931. The van der Waals surface area contributed by atoms with E-state index in [-0.39, 0.29) is 18.7 Å². The minimum absolute atomic E-state index is 0.0172. The molecule has 0 spiro atoms. The number of aromatic nitrogens is 1. The van der Waals surface area contributed by atoms with Crippen LogP contribution in [0.15, 0.2) is 36.7 Å². The Morgan fingerprint density at radius 1 is 1.25 bits per heavy atom. The zero-order valence-corrected chi connectivity index (χ0v) is 11.1. The van der Waals surface area contributed by atoms with E-state index in [4.69, 9.17) is 9.47 Å². The smallest absolute Gasteiger partial charge is 0.231 e. The summed E-state index contributed by atoms with van der Waals surface area (Å²) in [6, 6.07) is 7.34. The first-order valence-corrected chi connectivity index (χ1v) is 6.45. The minimum Gasteiger partial charge on any atom is -0.454 e. The Morgan fingerprint density at radius 3 is 2.95 bits per heavy atom. The highest BCUT2D eigenvalue weighted by atomic mass is 19.1. The fourth-order valence-electron chi connectivity index (χ4n) is 2.10. The molecule has 1 aromatic carbocycles. The van der Waals surface area contributed by atoms with E-state index in [1.54, 1.807) is 6.20 Å². The summed E-state index contributed by atoms with van der Waals surface area (Å²) in [4.78, 5) is 3.86. The average molecular weight is 274 g/mol. The van der Waals surface area contributed by atoms with Gasteiger partial charge in [-0.25, -0.2) is 4.39 Å². The molecule has 0 fully saturated rings. The van der Waals surface area contributed by atoms with Gasteiger partial charge >= 0.3 is 0 Å². The van der Waals surface area contributed by atoms with Gasteiger partial charge in [-0.3, -0.25) is 4.98 Å². The largest absolute Gasteiger partial charge is 0.454 e. The van der Waals surface area contributed by atoms with Gasteiger partial charge in [0.2, 0.25) is 6.79 Å². The Hall–Kier alpha value is -2.14. The summed E-state index contributed by atoms with van der Waals surface area (Å²) in [6.07, 6.45) is 2.87. The zero-order chi connectivity index (χ0) is 13.9. The second-order valence-corrected chi connectivity index (χ2v) is 4.73. The lowest BCUT2D eigenvalue weighted by atomic mass is 10.1. The van der Waals surface area contributed by atoms with Gasteiger partial charge in [-0.15, -0.1) is 0 Å². The van der Waals surface area contributed by atoms with Gasteiger partial charge in [0, 0.05) is 18.8 Å². The lowest BCUT2D eigenvalue weighted by Crippen LogP contribution is -2.18. The molecule has 5 heteroatoms. The van der Waals surface area contributed by atoms with Crippen LogP contribution >= 0.6 is 0 Å². The van der Waals surface area contributed by atoms with Gasteiger partial charge in [0.25, 0.3) is 0 Å². The number of halogens is 1. The predicted octanol–water partition coefficient (Wildman–Crippen LogP) is 2.80. The van der Waals surface area contributed by atoms with Crippen molar-refractivity contribution in [3.8, 4) is 11.5 Å². The van der Waals surface area contributed by atoms with Crippen molar-refractivity contribution in [2.24, 2.45) is 0 Å². The van der Waals surface area contributed by atoms with Gasteiger partial charge in [0.15, 0.2) is 11.5 Å². The molecule has 1 aliphatic heterocycles. The second kappa shape index (κ2) is 5.46. The minimum atomic E-state index is -0.320. The van der Waals surface area contributed by atoms with Crippen molar-refractivity contribution >= 4 is 0 Å². The van der Waals surface area contributed by atoms with Crippen LogP contribution in [-0.4, -0.2) is 11.8 Å². The number of fused-ring (bicyclic) bond motifs is 1. The van der Waals surface area contributed by atoms with Crippen molar-refractivity contribution in [1.29, 1.82) is 0 Å². The molecule has 0 aliphatic carbocycles. The molecule has 2 aromatic rings. The number of nitrogens with one attached hydrogen (secondary N) is 1. The van der Waals surface area contributed by atoms with E-state index in [0.29, 0.717) is 6.54 Å². The third kappa shape index (κ3) is 2.72. The first kappa shape index (κ1) is 12.9. The van der Waals surface area contributed by atoms with Crippen LogP contribution in [0, 0.1) is 5.82 Å². The number of benzene rings is 1. The second-order valence-electron chi connectivity index (χ2n) is 4.73. The zero-order valence-electron chi connectivity index (χ0n) is 11.1. The van der Waals surface area contributed by atoms with E-state index in [1.807, 2.05) is 25.1 Å². The molecule has 1 atom stereocenters. The molecule has 1 aliphatic rings. The fraction of sp³-hybridized carbons (Fsp3) is 0.267. The van der Waals surface area contributed by atoms with Crippen molar-refractivity contribution in [1.82, 2.24) is 10.3 Å². The van der Waals surface area contributed by atoms with Gasteiger partial charge in [-0.05, 0) is 36.2 Å². The summed E-state index contributed by atoms with van der Waals surface area (Å²) in [5.41, 5.74) is 1.91. The lowest BCUT2D eigenvalue weighted by Gasteiger charge is -2.14. The monoisotopic (exact) mass is 274 g/mol. The molecule has 2 heterocycles. The van der Waals surface area contributed by atoms with E-state index in [2.05, 4.69) is 10.3 Å². The number of nitrogens with zero attached hydrogens (tertiary/aromatic N) is 1. The van der Waals surface area contributed by atoms with Crippen molar-refractivity contribution in [3.63, 3.8) is 0 Å². The van der Waals surface area contributed by atoms with Crippen LogP contribution in [-0.2, 0) is 6.54 Å². The number of rotatable bonds is 4. The highest BCUT2D eigenvalue weighted by Gasteiger charge is 2.13. The molecule has 0 saturated carbocycles. The van der Waals surface area contributed by atoms with Crippen LogP contribution in [0.2, 0.25) is 0 Å². The summed E-state index contributed by atoms with van der Waals surface area (Å²) in [5.74, 6) is 1.22. The van der Waals surface area contributed by atoms with Crippen LogP contribution in [0.1, 0.15) is 24.1 Å². The van der Waals surface area contributed by atoms with E-state index in [1.165, 1.54) is 12.3 Å². The van der Waals surface area contributed by atoms with Gasteiger partial charge in [0.05, 0.1) is 6.20 Å². The highest BCUT2D eigenvalue weighted by Crippen LogP contribution is 2.32. The standard InChI is InChI=1S/C15H15FN2O2/c1-10(12-5-13(16)8-17-7-12)18-6-11-2-3-14-15(4-11)20-9-19-14/h2-5,7-8,10,18H,6,9H2,1H3. The Labute approximate surface area is 116 Å². The molecule has 0 saturated heterocycles. The van der Waals surface area contributed by atoms with Crippen molar-refractivity contribution in [2.45, 2.75) is 19.5 Å². The third-order valence-electron chi connectivity index (χ3n) is 3.28. The van der Waals surface area contributed by atoms with Crippen LogP contribution in [0.25, 0.3) is 0 Å². The van der Waals surface area contributed by atoms with Crippen molar-refractivity contribution < 1.29 is 13.9 Å². The van der Waals surface area contributed by atoms with E-state index in [0.717, 1.165) is 22.6 Å². The van der Waals surface area contributed by atoms with Gasteiger partial charge in [-0.2, -0.15) is 0 Å². The molecule has 1 unspecified atom stereocenters. The highest BCUT2D eigenvalue weighted by molar-refractivity contribution is 5.44. The maximum Gasteiger partial charge on any atom is 0.231 e. The number of pyridine rings is 1. The van der Waals surface area contributed by atoms with E-state index >= 15 is 0 Å². The molecule has 0 radical (unpaired) electrons. The van der Waals surface area contributed by atoms with Gasteiger partial charge in [-0.1, -0.05) is 6.07 Å². The number of hydrogen-bond donors (Lipinski definition) is 1. The molecule has 1 N–H and O–H groups in total. The Balaban J connectivity index is 1.64. The van der Waals surface area contributed by atoms with E-state index in [9.17, 15) is 4.39 Å². The molecule has 20 heavy (non-hydrogen) atoms. The van der Waals surface area contributed by atoms with Crippen LogP contribution in [0.3, 0.4) is 0 Å². The molecule has 0 amide bonds. The fourth-order valence-corrected chi connectivity index (χ4v) is 2.10. The summed E-state index contributed by atoms with van der Waals surface area (Å²) in [6.45, 7) is 2.91. The molecular formula is C15H15FN2O2. The first-order chi connectivity index (χ1) is 9.72. The van der Waals surface area contributed by atoms with Crippen LogP contribution < -0.4 is 14.8 Å². The Morgan fingerprint density at radius 2 is 2.10 bits per heavy atom. The molecule has 0 bridgehead atoms. The topological polar surface area (TPSA) is 43.4 Å². The summed E-state index contributed by atoms with van der Waals surface area (Å²) >= 11 is 0. The molecule has 3 rings (SSSR count). The van der Waals surface area contributed by atoms with Crippen molar-refractivity contribution in [2.75, 3.05) is 6.79 Å². The SMILES string of the molecule is CC(NCc1ccc2c(c1)OCO2)c1cncc(F)c1. The number of ether oxygens (including phenoxy) is 2. The summed E-state index contributed by atoms with van der Waals surface area (Å²) in [7, 11) is 0. The molecule has 1 aromatic heterocycles. The normalized spacial score (nSPS) is 14.3. The summed E-state index contributed by atoms with van der Waals surface area (Å²) in [5, 5.41) is 3.33. The molecular weight excluding hydrogens is 259 g/mol. The maximum absolute atomic E-state index is 13.1. The van der Waals surface area contributed by atoms with Gasteiger partial charge < -0.3 is 14.8 Å². The predicted molar refractivity (Wildman–Crippen MR) is 72.0 cm³/mol. The van der Waals surface area contributed by atoms with E-state index < -0.39 is 0 Å².